The van der Waals surface area contributed by atoms with Gasteiger partial charge in [0.25, 0.3) is 5.91 Å². The Kier molecular flexibility index (Phi) is 3.32. The largest absolute Gasteiger partial charge is 0.398 e. The third kappa shape index (κ3) is 2.34. The number of amides is 1. The van der Waals surface area contributed by atoms with Gasteiger partial charge in [-0.2, -0.15) is 5.10 Å². The number of carbonyl (C=O) groups excluding carboxylic acids is 1. The van der Waals surface area contributed by atoms with Crippen molar-refractivity contribution in [1.82, 2.24) is 10.2 Å². The number of aromatic amines is 1. The summed E-state index contributed by atoms with van der Waals surface area (Å²) in [5.41, 5.74) is 9.62. The van der Waals surface area contributed by atoms with E-state index in [-0.39, 0.29) is 5.91 Å². The molecule has 0 atom stereocenters. The van der Waals surface area contributed by atoms with E-state index in [1.165, 1.54) is 6.20 Å². The van der Waals surface area contributed by atoms with Gasteiger partial charge >= 0.3 is 0 Å². The molecule has 0 saturated heterocycles. The SMILES string of the molecule is CCc1ccc(NC(=O)c2cn[nH]c2C)cc1N. The fourth-order valence-electron chi connectivity index (χ4n) is 1.77. The minimum absolute atomic E-state index is 0.190. The minimum Gasteiger partial charge on any atom is -0.398 e. The van der Waals surface area contributed by atoms with E-state index in [0.29, 0.717) is 16.9 Å². The van der Waals surface area contributed by atoms with E-state index in [9.17, 15) is 4.79 Å². The number of aryl methyl sites for hydroxylation is 2. The van der Waals surface area contributed by atoms with Crippen LogP contribution in [-0.4, -0.2) is 16.1 Å². The number of benzene rings is 1. The van der Waals surface area contributed by atoms with Crippen LogP contribution >= 0.6 is 0 Å². The van der Waals surface area contributed by atoms with Gasteiger partial charge in [0.1, 0.15) is 0 Å². The maximum atomic E-state index is 11.9. The third-order valence-corrected chi connectivity index (χ3v) is 2.86. The molecular weight excluding hydrogens is 228 g/mol. The smallest absolute Gasteiger partial charge is 0.259 e. The molecule has 2 rings (SSSR count). The van der Waals surface area contributed by atoms with Crippen molar-refractivity contribution in [1.29, 1.82) is 0 Å². The van der Waals surface area contributed by atoms with Crippen LogP contribution in [0.15, 0.2) is 24.4 Å². The van der Waals surface area contributed by atoms with E-state index in [2.05, 4.69) is 15.5 Å². The second kappa shape index (κ2) is 4.91. The topological polar surface area (TPSA) is 83.8 Å². The fourth-order valence-corrected chi connectivity index (χ4v) is 1.77. The molecule has 0 saturated carbocycles. The van der Waals surface area contributed by atoms with Crippen molar-refractivity contribution < 1.29 is 4.79 Å². The number of rotatable bonds is 3. The normalized spacial score (nSPS) is 10.3. The highest BCUT2D eigenvalue weighted by Crippen LogP contribution is 2.19. The molecule has 1 aromatic heterocycles. The molecule has 1 amide bonds. The van der Waals surface area contributed by atoms with Crippen LogP contribution in [0.4, 0.5) is 11.4 Å². The molecule has 18 heavy (non-hydrogen) atoms. The number of nitrogens with one attached hydrogen (secondary N) is 2. The molecule has 0 aliphatic carbocycles. The van der Waals surface area contributed by atoms with Crippen LogP contribution in [-0.2, 0) is 6.42 Å². The van der Waals surface area contributed by atoms with E-state index in [0.717, 1.165) is 17.7 Å². The lowest BCUT2D eigenvalue weighted by molar-refractivity contribution is 0.102. The van der Waals surface area contributed by atoms with Crippen molar-refractivity contribution in [2.75, 3.05) is 11.1 Å². The summed E-state index contributed by atoms with van der Waals surface area (Å²) >= 11 is 0. The van der Waals surface area contributed by atoms with Gasteiger partial charge in [-0.05, 0) is 31.0 Å². The van der Waals surface area contributed by atoms with E-state index in [1.807, 2.05) is 19.1 Å². The molecule has 1 heterocycles. The van der Waals surface area contributed by atoms with Crippen LogP contribution in [0.2, 0.25) is 0 Å². The second-order valence-electron chi connectivity index (χ2n) is 4.13. The summed E-state index contributed by atoms with van der Waals surface area (Å²) in [7, 11) is 0. The van der Waals surface area contributed by atoms with Crippen LogP contribution in [0.5, 0.6) is 0 Å². The van der Waals surface area contributed by atoms with E-state index >= 15 is 0 Å². The molecule has 4 N–H and O–H groups in total. The quantitative estimate of drug-likeness (QED) is 0.723. The van der Waals surface area contributed by atoms with Gasteiger partial charge in [0.2, 0.25) is 0 Å². The predicted octanol–water partition coefficient (Wildman–Crippen LogP) is 2.12. The fraction of sp³-hybridized carbons (Fsp3) is 0.231. The summed E-state index contributed by atoms with van der Waals surface area (Å²) in [6.07, 6.45) is 2.38. The zero-order chi connectivity index (χ0) is 13.1. The van der Waals surface area contributed by atoms with Gasteiger partial charge in [0.15, 0.2) is 0 Å². The lowest BCUT2D eigenvalue weighted by Gasteiger charge is -2.08. The van der Waals surface area contributed by atoms with Gasteiger partial charge in [0.05, 0.1) is 11.8 Å². The maximum absolute atomic E-state index is 11.9. The molecule has 5 heteroatoms. The third-order valence-electron chi connectivity index (χ3n) is 2.86. The highest BCUT2D eigenvalue weighted by Gasteiger charge is 2.11. The molecule has 0 unspecified atom stereocenters. The number of nitrogen functional groups attached to an aromatic ring is 1. The Morgan fingerprint density at radius 3 is 2.83 bits per heavy atom. The molecule has 0 aliphatic rings. The van der Waals surface area contributed by atoms with Crippen molar-refractivity contribution in [2.45, 2.75) is 20.3 Å². The Morgan fingerprint density at radius 1 is 1.50 bits per heavy atom. The summed E-state index contributed by atoms with van der Waals surface area (Å²) in [6.45, 7) is 3.84. The van der Waals surface area contributed by atoms with Crippen molar-refractivity contribution in [2.24, 2.45) is 0 Å². The Hall–Kier alpha value is -2.30. The molecule has 2 aromatic rings. The van der Waals surface area contributed by atoms with E-state index in [1.54, 1.807) is 13.0 Å². The van der Waals surface area contributed by atoms with Crippen LogP contribution in [0, 0.1) is 6.92 Å². The summed E-state index contributed by atoms with van der Waals surface area (Å²) < 4.78 is 0. The number of nitrogens with zero attached hydrogens (tertiary/aromatic N) is 1. The molecule has 0 aliphatic heterocycles. The molecule has 0 radical (unpaired) electrons. The summed E-state index contributed by atoms with van der Waals surface area (Å²) in [5, 5.41) is 9.35. The second-order valence-corrected chi connectivity index (χ2v) is 4.13. The molecule has 1 aromatic carbocycles. The summed E-state index contributed by atoms with van der Waals surface area (Å²) in [5.74, 6) is -0.190. The first-order chi connectivity index (χ1) is 8.61. The van der Waals surface area contributed by atoms with Gasteiger partial charge in [-0.1, -0.05) is 13.0 Å². The highest BCUT2D eigenvalue weighted by atomic mass is 16.1. The lowest BCUT2D eigenvalue weighted by Crippen LogP contribution is -2.12. The van der Waals surface area contributed by atoms with Gasteiger partial charge < -0.3 is 11.1 Å². The Morgan fingerprint density at radius 2 is 2.28 bits per heavy atom. The Labute approximate surface area is 105 Å². The average molecular weight is 244 g/mol. The lowest BCUT2D eigenvalue weighted by atomic mass is 10.1. The first kappa shape index (κ1) is 12.2. The predicted molar refractivity (Wildman–Crippen MR) is 71.5 cm³/mol. The van der Waals surface area contributed by atoms with Gasteiger partial charge in [0, 0.05) is 17.1 Å². The monoisotopic (exact) mass is 244 g/mol. The van der Waals surface area contributed by atoms with Crippen LogP contribution in [0.25, 0.3) is 0 Å². The number of aromatic nitrogens is 2. The molecule has 5 nitrogen and oxygen atoms in total. The van der Waals surface area contributed by atoms with Gasteiger partial charge in [-0.3, -0.25) is 9.89 Å². The van der Waals surface area contributed by atoms with Gasteiger partial charge in [-0.25, -0.2) is 0 Å². The number of hydrogen-bond donors (Lipinski definition) is 3. The van der Waals surface area contributed by atoms with E-state index in [4.69, 9.17) is 5.73 Å². The molecule has 0 spiro atoms. The first-order valence-corrected chi connectivity index (χ1v) is 5.81. The summed E-state index contributed by atoms with van der Waals surface area (Å²) in [4.78, 5) is 11.9. The first-order valence-electron chi connectivity index (χ1n) is 5.81. The number of nitrogens with two attached hydrogens (primary N) is 1. The number of H-pyrrole nitrogens is 1. The number of carbonyl (C=O) groups is 1. The zero-order valence-electron chi connectivity index (χ0n) is 10.4. The molecular formula is C13H16N4O. The number of hydrogen-bond acceptors (Lipinski definition) is 3. The van der Waals surface area contributed by atoms with Crippen molar-refractivity contribution in [3.8, 4) is 0 Å². The minimum atomic E-state index is -0.190. The van der Waals surface area contributed by atoms with Crippen LogP contribution in [0.1, 0.15) is 28.5 Å². The maximum Gasteiger partial charge on any atom is 0.259 e. The molecule has 0 fully saturated rings. The van der Waals surface area contributed by atoms with E-state index < -0.39 is 0 Å². The van der Waals surface area contributed by atoms with Crippen LogP contribution < -0.4 is 11.1 Å². The zero-order valence-corrected chi connectivity index (χ0v) is 10.4. The number of anilines is 2. The van der Waals surface area contributed by atoms with Crippen LogP contribution in [0.3, 0.4) is 0 Å². The highest BCUT2D eigenvalue weighted by molar-refractivity contribution is 6.05. The standard InChI is InChI=1S/C13H16N4O/c1-3-9-4-5-10(6-12(9)14)16-13(18)11-7-15-17-8(11)2/h4-7H,3,14H2,1-2H3,(H,15,17)(H,16,18). The Bertz CT molecular complexity index is 574. The van der Waals surface area contributed by atoms with Crippen molar-refractivity contribution >= 4 is 17.3 Å². The van der Waals surface area contributed by atoms with Gasteiger partial charge in [-0.15, -0.1) is 0 Å². The molecule has 0 bridgehead atoms. The summed E-state index contributed by atoms with van der Waals surface area (Å²) in [6, 6.07) is 5.54. The van der Waals surface area contributed by atoms with Crippen molar-refractivity contribution in [3.63, 3.8) is 0 Å². The average Bonchev–Trinajstić information content (AvgIpc) is 2.76. The Balaban J connectivity index is 2.17. The molecule has 94 valence electrons. The van der Waals surface area contributed by atoms with Crippen molar-refractivity contribution in [3.05, 3.63) is 41.2 Å².